The molecule has 4 rings (SSSR count). The van der Waals surface area contributed by atoms with E-state index in [0.717, 1.165) is 11.0 Å². The van der Waals surface area contributed by atoms with Crippen molar-refractivity contribution in [2.75, 3.05) is 0 Å². The van der Waals surface area contributed by atoms with Crippen LogP contribution in [0.5, 0.6) is 0 Å². The number of imidazole rings is 1. The van der Waals surface area contributed by atoms with E-state index in [9.17, 15) is 15.4 Å². The molecule has 7 nitrogen and oxygen atoms in total. The summed E-state index contributed by atoms with van der Waals surface area (Å²) in [5.74, 6) is 1.07. The van der Waals surface area contributed by atoms with Gasteiger partial charge in [0.15, 0.2) is 5.16 Å². The van der Waals surface area contributed by atoms with Crippen LogP contribution >= 0.6 is 11.8 Å². The second-order valence-corrected chi connectivity index (χ2v) is 6.82. The van der Waals surface area contributed by atoms with Crippen molar-refractivity contribution in [2.24, 2.45) is 0 Å². The van der Waals surface area contributed by atoms with Crippen LogP contribution in [0.4, 0.5) is 5.69 Å². The second-order valence-electron chi connectivity index (χ2n) is 5.79. The number of hydrogen-bond donors (Lipinski definition) is 1. The molecule has 0 aliphatic heterocycles. The first-order chi connectivity index (χ1) is 13.6. The van der Waals surface area contributed by atoms with Crippen molar-refractivity contribution < 1.29 is 9.34 Å². The Hall–Kier alpha value is -3.83. The topological polar surface area (TPSA) is 109 Å². The van der Waals surface area contributed by atoms with Crippen LogP contribution < -0.4 is 0 Å². The fraction of sp³-hybridized carbons (Fsp3) is 0. The summed E-state index contributed by atoms with van der Waals surface area (Å²) in [6.07, 6.45) is 1.63. The number of aromatic amines is 1. The number of nitro groups is 1. The number of nitro benzene ring substituents is 1. The third-order valence-electron chi connectivity index (χ3n) is 3.95. The van der Waals surface area contributed by atoms with Gasteiger partial charge in [0.2, 0.25) is 0 Å². The SMILES string of the molecule is N#C/C(=C\c1ccc(-c2ccc([N+](=O)[O-])cc2)o1)Sc1nc2ccccc2[nH]1. The summed E-state index contributed by atoms with van der Waals surface area (Å²) in [5.41, 5.74) is 2.47. The lowest BCUT2D eigenvalue weighted by atomic mass is 10.1. The molecule has 0 bridgehead atoms. The third kappa shape index (κ3) is 3.65. The molecular weight excluding hydrogens is 376 g/mol. The van der Waals surface area contributed by atoms with Gasteiger partial charge in [0.05, 0.1) is 20.9 Å². The number of aromatic nitrogens is 2. The van der Waals surface area contributed by atoms with Crippen molar-refractivity contribution in [1.29, 1.82) is 5.26 Å². The Bertz CT molecular complexity index is 1200. The van der Waals surface area contributed by atoms with Crippen LogP contribution in [0.2, 0.25) is 0 Å². The number of nitrogens with zero attached hydrogens (tertiary/aromatic N) is 3. The highest BCUT2D eigenvalue weighted by atomic mass is 32.2. The number of rotatable bonds is 5. The molecule has 0 saturated carbocycles. The Labute approximate surface area is 163 Å². The molecule has 0 saturated heterocycles. The average Bonchev–Trinajstić information content (AvgIpc) is 3.34. The van der Waals surface area contributed by atoms with Crippen LogP contribution in [-0.2, 0) is 0 Å². The standard InChI is InChI=1S/C20H12N4O3S/c21-12-16(28-20-22-17-3-1-2-4-18(17)23-20)11-15-9-10-19(27-15)13-5-7-14(8-6-13)24(25)26/h1-11H,(H,22,23)/b16-11+. The van der Waals surface area contributed by atoms with Gasteiger partial charge in [0.25, 0.3) is 5.69 Å². The highest BCUT2D eigenvalue weighted by Crippen LogP contribution is 2.30. The quantitative estimate of drug-likeness (QED) is 0.212. The first-order valence-electron chi connectivity index (χ1n) is 8.21. The van der Waals surface area contributed by atoms with Gasteiger partial charge in [-0.3, -0.25) is 10.1 Å². The smallest absolute Gasteiger partial charge is 0.269 e. The van der Waals surface area contributed by atoms with Crippen LogP contribution in [0.3, 0.4) is 0 Å². The van der Waals surface area contributed by atoms with Gasteiger partial charge in [-0.2, -0.15) is 5.26 Å². The highest BCUT2D eigenvalue weighted by Gasteiger charge is 2.10. The zero-order valence-corrected chi connectivity index (χ0v) is 15.1. The lowest BCUT2D eigenvalue weighted by molar-refractivity contribution is -0.384. The van der Waals surface area contributed by atoms with Gasteiger partial charge < -0.3 is 9.40 Å². The summed E-state index contributed by atoms with van der Waals surface area (Å²) in [7, 11) is 0. The van der Waals surface area contributed by atoms with Crippen LogP contribution in [0, 0.1) is 21.4 Å². The molecule has 0 fully saturated rings. The van der Waals surface area contributed by atoms with E-state index >= 15 is 0 Å². The molecular formula is C20H12N4O3S. The zero-order valence-electron chi connectivity index (χ0n) is 14.3. The molecule has 8 heteroatoms. The van der Waals surface area contributed by atoms with E-state index < -0.39 is 4.92 Å². The number of nitriles is 1. The number of nitrogens with one attached hydrogen (secondary N) is 1. The van der Waals surface area contributed by atoms with Crippen molar-refractivity contribution in [3.05, 3.63) is 81.4 Å². The minimum atomic E-state index is -0.450. The lowest BCUT2D eigenvalue weighted by Gasteiger charge is -1.97. The molecule has 4 aromatic rings. The molecule has 0 radical (unpaired) electrons. The number of H-pyrrole nitrogens is 1. The maximum atomic E-state index is 10.7. The Kier molecular flexibility index (Phi) is 4.66. The van der Waals surface area contributed by atoms with Crippen molar-refractivity contribution in [2.45, 2.75) is 5.16 Å². The third-order valence-corrected chi connectivity index (χ3v) is 4.76. The number of non-ortho nitro benzene ring substituents is 1. The van der Waals surface area contributed by atoms with E-state index in [1.165, 1.54) is 23.9 Å². The maximum Gasteiger partial charge on any atom is 0.269 e. The molecule has 2 aromatic heterocycles. The molecule has 0 spiro atoms. The van der Waals surface area contributed by atoms with E-state index in [2.05, 4.69) is 16.0 Å². The van der Waals surface area contributed by atoms with E-state index in [4.69, 9.17) is 4.42 Å². The predicted molar refractivity (Wildman–Crippen MR) is 106 cm³/mol. The number of allylic oxidation sites excluding steroid dienone is 1. The van der Waals surface area contributed by atoms with Crippen molar-refractivity contribution >= 4 is 34.6 Å². The molecule has 2 heterocycles. The predicted octanol–water partition coefficient (Wildman–Crippen LogP) is 5.39. The fourth-order valence-corrected chi connectivity index (χ4v) is 3.36. The van der Waals surface area contributed by atoms with Crippen LogP contribution in [-0.4, -0.2) is 14.9 Å². The first-order valence-corrected chi connectivity index (χ1v) is 9.03. The molecule has 0 aliphatic carbocycles. The number of furan rings is 1. The van der Waals surface area contributed by atoms with Crippen LogP contribution in [0.15, 0.2) is 75.1 Å². The van der Waals surface area contributed by atoms with E-state index in [0.29, 0.717) is 27.1 Å². The van der Waals surface area contributed by atoms with E-state index in [1.54, 1.807) is 30.3 Å². The molecule has 0 unspecified atom stereocenters. The number of thioether (sulfide) groups is 1. The zero-order chi connectivity index (χ0) is 19.5. The van der Waals surface area contributed by atoms with Gasteiger partial charge in [0, 0.05) is 23.8 Å². The molecule has 1 N–H and O–H groups in total. The molecule has 0 amide bonds. The average molecular weight is 388 g/mol. The van der Waals surface area contributed by atoms with Gasteiger partial charge in [-0.1, -0.05) is 12.1 Å². The van der Waals surface area contributed by atoms with Gasteiger partial charge >= 0.3 is 0 Å². The Morgan fingerprint density at radius 2 is 1.96 bits per heavy atom. The summed E-state index contributed by atoms with van der Waals surface area (Å²) >= 11 is 1.22. The number of para-hydroxylation sites is 2. The molecule has 136 valence electrons. The van der Waals surface area contributed by atoms with Crippen LogP contribution in [0.25, 0.3) is 28.4 Å². The number of hydrogen-bond acceptors (Lipinski definition) is 6. The number of benzene rings is 2. The van der Waals surface area contributed by atoms with Gasteiger partial charge in [0.1, 0.15) is 17.6 Å². The van der Waals surface area contributed by atoms with E-state index in [1.807, 2.05) is 24.3 Å². The highest BCUT2D eigenvalue weighted by molar-refractivity contribution is 8.03. The minimum absolute atomic E-state index is 0.0180. The monoisotopic (exact) mass is 388 g/mol. The van der Waals surface area contributed by atoms with Gasteiger partial charge in [-0.25, -0.2) is 4.98 Å². The van der Waals surface area contributed by atoms with Crippen molar-refractivity contribution in [3.8, 4) is 17.4 Å². The summed E-state index contributed by atoms with van der Waals surface area (Å²) < 4.78 is 5.76. The lowest BCUT2D eigenvalue weighted by Crippen LogP contribution is -1.86. The maximum absolute atomic E-state index is 10.7. The number of fused-ring (bicyclic) bond motifs is 1. The summed E-state index contributed by atoms with van der Waals surface area (Å²) in [6, 6.07) is 19.4. The van der Waals surface area contributed by atoms with Crippen molar-refractivity contribution in [3.63, 3.8) is 0 Å². The normalized spacial score (nSPS) is 11.5. The van der Waals surface area contributed by atoms with E-state index in [-0.39, 0.29) is 5.69 Å². The van der Waals surface area contributed by atoms with Gasteiger partial charge in [-0.15, -0.1) is 0 Å². The second kappa shape index (κ2) is 7.42. The summed E-state index contributed by atoms with van der Waals surface area (Å²) in [5, 5.41) is 20.8. The summed E-state index contributed by atoms with van der Waals surface area (Å²) in [4.78, 5) is 18.3. The Morgan fingerprint density at radius 3 is 2.68 bits per heavy atom. The van der Waals surface area contributed by atoms with Crippen molar-refractivity contribution in [1.82, 2.24) is 9.97 Å². The molecule has 0 atom stereocenters. The molecule has 28 heavy (non-hydrogen) atoms. The van der Waals surface area contributed by atoms with Crippen LogP contribution in [0.1, 0.15) is 5.76 Å². The summed E-state index contributed by atoms with van der Waals surface area (Å²) in [6.45, 7) is 0. The largest absolute Gasteiger partial charge is 0.457 e. The Morgan fingerprint density at radius 1 is 1.18 bits per heavy atom. The Balaban J connectivity index is 1.55. The molecule has 0 aliphatic rings. The first kappa shape index (κ1) is 17.6. The minimum Gasteiger partial charge on any atom is -0.457 e. The van der Waals surface area contributed by atoms with Gasteiger partial charge in [-0.05, 0) is 48.2 Å². The molecule has 2 aromatic carbocycles. The fourth-order valence-electron chi connectivity index (χ4n) is 2.63.